The molecule has 0 heterocycles. The zero-order valence-corrected chi connectivity index (χ0v) is 10.2. The highest BCUT2D eigenvalue weighted by Crippen LogP contribution is 2.35. The van der Waals surface area contributed by atoms with E-state index in [4.69, 9.17) is 4.74 Å². The van der Waals surface area contributed by atoms with Gasteiger partial charge in [0, 0.05) is 0 Å². The summed E-state index contributed by atoms with van der Waals surface area (Å²) < 4.78 is 5.84. The maximum absolute atomic E-state index is 9.95. The topological polar surface area (TPSA) is 29.5 Å². The Morgan fingerprint density at radius 3 is 2.62 bits per heavy atom. The lowest BCUT2D eigenvalue weighted by atomic mass is 10.1. The molecule has 0 radical (unpaired) electrons. The average molecular weight is 220 g/mol. The molecule has 0 aromatic heterocycles. The fraction of sp³-hybridized carbons (Fsp3) is 0.571. The van der Waals surface area contributed by atoms with E-state index in [0.717, 1.165) is 24.2 Å². The van der Waals surface area contributed by atoms with Crippen molar-refractivity contribution in [3.63, 3.8) is 0 Å². The van der Waals surface area contributed by atoms with Crippen LogP contribution in [0.3, 0.4) is 0 Å². The van der Waals surface area contributed by atoms with Crippen molar-refractivity contribution in [3.05, 3.63) is 29.3 Å². The Labute approximate surface area is 97.3 Å². The van der Waals surface area contributed by atoms with Gasteiger partial charge in [-0.1, -0.05) is 12.1 Å². The van der Waals surface area contributed by atoms with Gasteiger partial charge in [-0.3, -0.25) is 0 Å². The second kappa shape index (κ2) is 4.46. The summed E-state index contributed by atoms with van der Waals surface area (Å²) in [5, 5.41) is 9.95. The maximum atomic E-state index is 9.95. The summed E-state index contributed by atoms with van der Waals surface area (Å²) >= 11 is 0. The van der Waals surface area contributed by atoms with Crippen molar-refractivity contribution in [2.45, 2.75) is 45.8 Å². The fourth-order valence-electron chi connectivity index (χ4n) is 1.94. The number of aliphatic hydroxyl groups excluding tert-OH is 1. The molecule has 2 rings (SSSR count). The van der Waals surface area contributed by atoms with Crippen LogP contribution in [0, 0.1) is 19.8 Å². The van der Waals surface area contributed by atoms with Gasteiger partial charge >= 0.3 is 0 Å². The highest BCUT2D eigenvalue weighted by Gasteiger charge is 2.34. The largest absolute Gasteiger partial charge is 0.488 e. The summed E-state index contributed by atoms with van der Waals surface area (Å²) in [6, 6.07) is 6.04. The van der Waals surface area contributed by atoms with Crippen LogP contribution in [-0.2, 0) is 0 Å². The predicted octanol–water partition coefficient (Wildman–Crippen LogP) is 2.84. The quantitative estimate of drug-likeness (QED) is 0.845. The number of aliphatic hydroxyl groups is 1. The lowest BCUT2D eigenvalue weighted by Gasteiger charge is -2.21. The summed E-state index contributed by atoms with van der Waals surface area (Å²) in [4.78, 5) is 0. The van der Waals surface area contributed by atoms with Gasteiger partial charge < -0.3 is 9.84 Å². The Bertz CT molecular complexity index is 369. The Morgan fingerprint density at radius 1 is 1.31 bits per heavy atom. The van der Waals surface area contributed by atoms with Gasteiger partial charge in [-0.25, -0.2) is 0 Å². The van der Waals surface area contributed by atoms with Crippen molar-refractivity contribution in [1.29, 1.82) is 0 Å². The normalized spacial score (nSPS) is 19.2. The summed E-state index contributed by atoms with van der Waals surface area (Å²) in [6.45, 7) is 6.08. The summed E-state index contributed by atoms with van der Waals surface area (Å²) in [7, 11) is 0. The number of hydrogen-bond donors (Lipinski definition) is 1. The third-order valence-corrected chi connectivity index (χ3v) is 3.45. The molecule has 2 nitrogen and oxygen atoms in total. The molecule has 1 aliphatic carbocycles. The first-order valence-corrected chi connectivity index (χ1v) is 6.00. The second-order valence-corrected chi connectivity index (χ2v) is 4.85. The molecule has 1 aromatic carbocycles. The molecule has 88 valence electrons. The maximum Gasteiger partial charge on any atom is 0.123 e. The molecule has 1 fully saturated rings. The molecular formula is C14H20O2. The fourth-order valence-corrected chi connectivity index (χ4v) is 1.94. The van der Waals surface area contributed by atoms with E-state index in [2.05, 4.69) is 19.9 Å². The van der Waals surface area contributed by atoms with Gasteiger partial charge in [-0.15, -0.1) is 0 Å². The molecule has 16 heavy (non-hydrogen) atoms. The van der Waals surface area contributed by atoms with Gasteiger partial charge in [-0.05, 0) is 56.7 Å². The van der Waals surface area contributed by atoms with Crippen LogP contribution in [-0.4, -0.2) is 17.3 Å². The average Bonchev–Trinajstić information content (AvgIpc) is 3.07. The Balaban J connectivity index is 2.05. The molecule has 0 amide bonds. The van der Waals surface area contributed by atoms with Crippen molar-refractivity contribution in [2.75, 3.05) is 0 Å². The lowest BCUT2D eigenvalue weighted by Crippen LogP contribution is -2.30. The van der Waals surface area contributed by atoms with E-state index in [1.807, 2.05) is 19.1 Å². The van der Waals surface area contributed by atoms with Crippen molar-refractivity contribution in [1.82, 2.24) is 0 Å². The second-order valence-electron chi connectivity index (χ2n) is 4.85. The van der Waals surface area contributed by atoms with Gasteiger partial charge in [0.1, 0.15) is 11.9 Å². The summed E-state index contributed by atoms with van der Waals surface area (Å²) in [6.07, 6.45) is 1.84. The Kier molecular flexibility index (Phi) is 3.20. The van der Waals surface area contributed by atoms with E-state index >= 15 is 0 Å². The molecule has 1 saturated carbocycles. The molecule has 0 aliphatic heterocycles. The number of ether oxygens (including phenoxy) is 1. The first-order valence-electron chi connectivity index (χ1n) is 6.00. The molecule has 0 saturated heterocycles. The Hall–Kier alpha value is -1.02. The van der Waals surface area contributed by atoms with E-state index < -0.39 is 0 Å². The molecule has 2 heteroatoms. The third kappa shape index (κ3) is 2.38. The van der Waals surface area contributed by atoms with Crippen LogP contribution in [0.25, 0.3) is 0 Å². The van der Waals surface area contributed by atoms with Crippen LogP contribution < -0.4 is 4.74 Å². The molecule has 1 aliphatic rings. The van der Waals surface area contributed by atoms with Gasteiger partial charge in [0.05, 0.1) is 6.10 Å². The van der Waals surface area contributed by atoms with Gasteiger partial charge in [0.15, 0.2) is 0 Å². The molecule has 0 bridgehead atoms. The van der Waals surface area contributed by atoms with Crippen molar-refractivity contribution in [3.8, 4) is 5.75 Å². The summed E-state index contributed by atoms with van der Waals surface area (Å²) in [5.41, 5.74) is 2.39. The monoisotopic (exact) mass is 220 g/mol. The first kappa shape index (κ1) is 11.5. The van der Waals surface area contributed by atoms with Crippen LogP contribution in [0.15, 0.2) is 18.2 Å². The van der Waals surface area contributed by atoms with Crippen LogP contribution >= 0.6 is 0 Å². The number of benzene rings is 1. The highest BCUT2D eigenvalue weighted by molar-refractivity contribution is 5.38. The van der Waals surface area contributed by atoms with Gasteiger partial charge in [0.25, 0.3) is 0 Å². The molecule has 2 atom stereocenters. The predicted molar refractivity (Wildman–Crippen MR) is 64.7 cm³/mol. The number of aryl methyl sites for hydroxylation is 1. The number of hydrogen-bond acceptors (Lipinski definition) is 2. The van der Waals surface area contributed by atoms with Crippen molar-refractivity contribution in [2.24, 2.45) is 5.92 Å². The van der Waals surface area contributed by atoms with Crippen LogP contribution in [0.1, 0.15) is 30.9 Å². The molecule has 1 aromatic rings. The van der Waals surface area contributed by atoms with Crippen molar-refractivity contribution < 1.29 is 9.84 Å². The highest BCUT2D eigenvalue weighted by atomic mass is 16.5. The van der Waals surface area contributed by atoms with Crippen molar-refractivity contribution >= 4 is 0 Å². The van der Waals surface area contributed by atoms with Gasteiger partial charge in [0.2, 0.25) is 0 Å². The number of rotatable bonds is 4. The minimum atomic E-state index is -0.320. The molecule has 0 spiro atoms. The molecule has 1 N–H and O–H groups in total. The van der Waals surface area contributed by atoms with Crippen LogP contribution in [0.5, 0.6) is 5.75 Å². The van der Waals surface area contributed by atoms with E-state index in [1.165, 1.54) is 5.56 Å². The lowest BCUT2D eigenvalue weighted by molar-refractivity contribution is 0.0322. The molecular weight excluding hydrogens is 200 g/mol. The van der Waals surface area contributed by atoms with Gasteiger partial charge in [-0.2, -0.15) is 0 Å². The smallest absolute Gasteiger partial charge is 0.123 e. The summed E-state index contributed by atoms with van der Waals surface area (Å²) in [5.74, 6) is 1.35. The SMILES string of the molecule is Cc1cccc(OC(C)C(O)C2CC2)c1C. The minimum Gasteiger partial charge on any atom is -0.488 e. The van der Waals surface area contributed by atoms with Crippen LogP contribution in [0.2, 0.25) is 0 Å². The minimum absolute atomic E-state index is 0.118. The first-order chi connectivity index (χ1) is 7.59. The third-order valence-electron chi connectivity index (χ3n) is 3.45. The molecule has 2 unspecified atom stereocenters. The zero-order valence-electron chi connectivity index (χ0n) is 10.2. The standard InChI is InChI=1S/C14H20O2/c1-9-5-4-6-13(10(9)2)16-11(3)14(15)12-7-8-12/h4-6,11-12,14-15H,7-8H2,1-3H3. The van der Waals surface area contributed by atoms with E-state index in [0.29, 0.717) is 5.92 Å². The van der Waals surface area contributed by atoms with E-state index in [1.54, 1.807) is 0 Å². The van der Waals surface area contributed by atoms with E-state index in [-0.39, 0.29) is 12.2 Å². The van der Waals surface area contributed by atoms with Crippen LogP contribution in [0.4, 0.5) is 0 Å². The van der Waals surface area contributed by atoms with E-state index in [9.17, 15) is 5.11 Å². The Morgan fingerprint density at radius 2 is 2.00 bits per heavy atom. The zero-order chi connectivity index (χ0) is 11.7.